The SMILES string of the molecule is COc1cccc(Nc2cnnc(Nc3ccc(C#N)cc3)n2)c1. The van der Waals surface area contributed by atoms with E-state index in [0.29, 0.717) is 17.3 Å². The van der Waals surface area contributed by atoms with E-state index in [1.165, 1.54) is 6.20 Å². The van der Waals surface area contributed by atoms with Gasteiger partial charge < -0.3 is 15.4 Å². The molecule has 0 aliphatic rings. The fourth-order valence-electron chi connectivity index (χ4n) is 2.02. The average molecular weight is 318 g/mol. The van der Waals surface area contributed by atoms with Crippen LogP contribution in [0.3, 0.4) is 0 Å². The number of rotatable bonds is 5. The van der Waals surface area contributed by atoms with Crippen molar-refractivity contribution < 1.29 is 4.74 Å². The summed E-state index contributed by atoms with van der Waals surface area (Å²) in [5.41, 5.74) is 2.20. The standard InChI is InChI=1S/C17H14N6O/c1-24-15-4-2-3-14(9-15)20-16-11-19-23-17(22-16)21-13-7-5-12(10-18)6-8-13/h2-9,11H,1H3,(H2,20,21,22,23). The molecular formula is C17H14N6O. The van der Waals surface area contributed by atoms with Gasteiger partial charge in [0.05, 0.1) is 24.9 Å². The molecule has 1 aromatic heterocycles. The number of hydrogen-bond acceptors (Lipinski definition) is 7. The fourth-order valence-corrected chi connectivity index (χ4v) is 2.02. The van der Waals surface area contributed by atoms with E-state index in [0.717, 1.165) is 17.1 Å². The Bertz CT molecular complexity index is 873. The Balaban J connectivity index is 1.74. The maximum absolute atomic E-state index is 8.81. The highest BCUT2D eigenvalue weighted by molar-refractivity contribution is 5.60. The molecule has 2 aromatic carbocycles. The Labute approximate surface area is 139 Å². The number of nitriles is 1. The van der Waals surface area contributed by atoms with Gasteiger partial charge in [0, 0.05) is 17.4 Å². The van der Waals surface area contributed by atoms with Crippen molar-refractivity contribution in [3.05, 3.63) is 60.3 Å². The molecule has 7 heteroatoms. The lowest BCUT2D eigenvalue weighted by Gasteiger charge is -2.08. The van der Waals surface area contributed by atoms with E-state index in [1.807, 2.05) is 24.3 Å². The Kier molecular flexibility index (Phi) is 4.49. The van der Waals surface area contributed by atoms with Gasteiger partial charge >= 0.3 is 0 Å². The number of anilines is 4. The molecule has 0 spiro atoms. The molecule has 0 unspecified atom stereocenters. The maximum atomic E-state index is 8.81. The summed E-state index contributed by atoms with van der Waals surface area (Å²) in [6.45, 7) is 0. The second kappa shape index (κ2) is 7.07. The molecule has 3 aromatic rings. The first-order valence-corrected chi connectivity index (χ1v) is 7.15. The van der Waals surface area contributed by atoms with E-state index in [-0.39, 0.29) is 0 Å². The zero-order valence-electron chi connectivity index (χ0n) is 12.9. The van der Waals surface area contributed by atoms with Crippen LogP contribution in [0.1, 0.15) is 5.56 Å². The maximum Gasteiger partial charge on any atom is 0.249 e. The normalized spacial score (nSPS) is 9.83. The molecule has 24 heavy (non-hydrogen) atoms. The predicted octanol–water partition coefficient (Wildman–Crippen LogP) is 3.24. The Morgan fingerprint density at radius 2 is 1.88 bits per heavy atom. The lowest BCUT2D eigenvalue weighted by Crippen LogP contribution is -2.02. The number of aromatic nitrogens is 3. The van der Waals surface area contributed by atoms with Crippen LogP contribution in [-0.4, -0.2) is 22.3 Å². The van der Waals surface area contributed by atoms with Crippen molar-refractivity contribution in [3.63, 3.8) is 0 Å². The molecule has 0 aliphatic heterocycles. The van der Waals surface area contributed by atoms with Crippen LogP contribution in [0.25, 0.3) is 0 Å². The first-order valence-electron chi connectivity index (χ1n) is 7.15. The number of methoxy groups -OCH3 is 1. The molecule has 0 saturated carbocycles. The van der Waals surface area contributed by atoms with Crippen LogP contribution in [0, 0.1) is 11.3 Å². The first-order chi connectivity index (χ1) is 11.8. The third-order valence-electron chi connectivity index (χ3n) is 3.17. The summed E-state index contributed by atoms with van der Waals surface area (Å²) in [7, 11) is 1.62. The number of hydrogen-bond donors (Lipinski definition) is 2. The average Bonchev–Trinajstić information content (AvgIpc) is 2.63. The molecule has 0 saturated heterocycles. The molecule has 1 heterocycles. The minimum Gasteiger partial charge on any atom is -0.497 e. The lowest BCUT2D eigenvalue weighted by molar-refractivity contribution is 0.415. The van der Waals surface area contributed by atoms with Crippen molar-refractivity contribution in [2.75, 3.05) is 17.7 Å². The quantitative estimate of drug-likeness (QED) is 0.745. The molecule has 3 rings (SSSR count). The summed E-state index contributed by atoms with van der Waals surface area (Å²) in [5.74, 6) is 1.65. The van der Waals surface area contributed by atoms with Crippen LogP contribution < -0.4 is 15.4 Å². The Morgan fingerprint density at radius 3 is 2.62 bits per heavy atom. The monoisotopic (exact) mass is 318 g/mol. The highest BCUT2D eigenvalue weighted by Crippen LogP contribution is 2.20. The van der Waals surface area contributed by atoms with Gasteiger partial charge in [-0.15, -0.1) is 5.10 Å². The lowest BCUT2D eigenvalue weighted by atomic mass is 10.2. The summed E-state index contributed by atoms with van der Waals surface area (Å²) in [4.78, 5) is 4.36. The van der Waals surface area contributed by atoms with E-state index in [9.17, 15) is 0 Å². The van der Waals surface area contributed by atoms with Gasteiger partial charge in [-0.3, -0.25) is 0 Å². The summed E-state index contributed by atoms with van der Waals surface area (Å²) in [5, 5.41) is 22.9. The second-order valence-corrected chi connectivity index (χ2v) is 4.84. The summed E-state index contributed by atoms with van der Waals surface area (Å²) in [6, 6.07) is 16.6. The van der Waals surface area contributed by atoms with E-state index >= 15 is 0 Å². The summed E-state index contributed by atoms with van der Waals surface area (Å²) in [6.07, 6.45) is 1.53. The van der Waals surface area contributed by atoms with Crippen LogP contribution in [0.4, 0.5) is 23.1 Å². The summed E-state index contributed by atoms with van der Waals surface area (Å²) >= 11 is 0. The number of ether oxygens (including phenoxy) is 1. The molecule has 2 N–H and O–H groups in total. The molecule has 0 fully saturated rings. The van der Waals surface area contributed by atoms with Gasteiger partial charge in [-0.25, -0.2) is 0 Å². The van der Waals surface area contributed by atoms with Gasteiger partial charge in [0.1, 0.15) is 5.75 Å². The van der Waals surface area contributed by atoms with Crippen molar-refractivity contribution in [1.82, 2.24) is 15.2 Å². The van der Waals surface area contributed by atoms with Gasteiger partial charge in [-0.1, -0.05) is 6.07 Å². The molecule has 0 aliphatic carbocycles. The van der Waals surface area contributed by atoms with Gasteiger partial charge in [-0.05, 0) is 36.4 Å². The zero-order valence-corrected chi connectivity index (χ0v) is 12.9. The van der Waals surface area contributed by atoms with E-state index < -0.39 is 0 Å². The molecule has 7 nitrogen and oxygen atoms in total. The molecule has 0 bridgehead atoms. The van der Waals surface area contributed by atoms with Gasteiger partial charge in [0.25, 0.3) is 0 Å². The van der Waals surface area contributed by atoms with Crippen molar-refractivity contribution in [3.8, 4) is 11.8 Å². The van der Waals surface area contributed by atoms with E-state index in [4.69, 9.17) is 10.00 Å². The van der Waals surface area contributed by atoms with Crippen LogP contribution >= 0.6 is 0 Å². The van der Waals surface area contributed by atoms with Gasteiger partial charge in [-0.2, -0.15) is 15.3 Å². The third kappa shape index (κ3) is 3.75. The van der Waals surface area contributed by atoms with Crippen LogP contribution in [-0.2, 0) is 0 Å². The largest absolute Gasteiger partial charge is 0.497 e. The number of nitrogens with one attached hydrogen (secondary N) is 2. The van der Waals surface area contributed by atoms with Crippen molar-refractivity contribution in [2.45, 2.75) is 0 Å². The van der Waals surface area contributed by atoms with Crippen molar-refractivity contribution >= 4 is 23.1 Å². The third-order valence-corrected chi connectivity index (χ3v) is 3.17. The van der Waals surface area contributed by atoms with Gasteiger partial charge in [0.2, 0.25) is 5.95 Å². The van der Waals surface area contributed by atoms with Crippen LogP contribution in [0.2, 0.25) is 0 Å². The van der Waals surface area contributed by atoms with Crippen molar-refractivity contribution in [1.29, 1.82) is 5.26 Å². The fraction of sp³-hybridized carbons (Fsp3) is 0.0588. The molecule has 118 valence electrons. The summed E-state index contributed by atoms with van der Waals surface area (Å²) < 4.78 is 5.19. The van der Waals surface area contributed by atoms with Crippen LogP contribution in [0.5, 0.6) is 5.75 Å². The van der Waals surface area contributed by atoms with E-state index in [1.54, 1.807) is 31.4 Å². The molecule has 0 amide bonds. The highest BCUT2D eigenvalue weighted by Gasteiger charge is 2.03. The first kappa shape index (κ1) is 15.2. The minimum atomic E-state index is 0.354. The topological polar surface area (TPSA) is 95.8 Å². The molecule has 0 radical (unpaired) electrons. The Morgan fingerprint density at radius 1 is 1.04 bits per heavy atom. The predicted molar refractivity (Wildman–Crippen MR) is 90.5 cm³/mol. The Hall–Kier alpha value is -3.66. The van der Waals surface area contributed by atoms with Crippen molar-refractivity contribution in [2.24, 2.45) is 0 Å². The highest BCUT2D eigenvalue weighted by atomic mass is 16.5. The van der Waals surface area contributed by atoms with E-state index in [2.05, 4.69) is 31.9 Å². The smallest absolute Gasteiger partial charge is 0.249 e. The molecule has 0 atom stereocenters. The minimum absolute atomic E-state index is 0.354. The zero-order chi connectivity index (χ0) is 16.8. The second-order valence-electron chi connectivity index (χ2n) is 4.84. The van der Waals surface area contributed by atoms with Crippen LogP contribution in [0.15, 0.2) is 54.7 Å². The molecular weight excluding hydrogens is 304 g/mol. The number of nitrogens with zero attached hydrogens (tertiary/aromatic N) is 4. The van der Waals surface area contributed by atoms with Gasteiger partial charge in [0.15, 0.2) is 5.82 Å². The number of benzene rings is 2.